The minimum absolute atomic E-state index is 0.154. The van der Waals surface area contributed by atoms with Crippen molar-refractivity contribution in [1.82, 2.24) is 4.57 Å². The molecule has 1 heterocycles. The Hall–Kier alpha value is -2.45. The Kier molecular flexibility index (Phi) is 6.54. The van der Waals surface area contributed by atoms with Crippen molar-refractivity contribution in [1.29, 1.82) is 0 Å². The molecule has 8 heteroatoms. The van der Waals surface area contributed by atoms with Gasteiger partial charge in [-0.25, -0.2) is 8.42 Å². The average molecular weight is 433 g/mol. The lowest BCUT2D eigenvalue weighted by atomic mass is 10.2. The summed E-state index contributed by atoms with van der Waals surface area (Å²) in [7, 11) is -3.52. The van der Waals surface area contributed by atoms with E-state index in [1.807, 2.05) is 43.5 Å². The largest absolute Gasteiger partial charge is 0.494 e. The molecule has 0 bridgehead atoms. The molecule has 0 aliphatic rings. The molecule has 0 radical (unpaired) electrons. The highest BCUT2D eigenvalue weighted by Crippen LogP contribution is 2.23. The molecular weight excluding hydrogens is 408 g/mol. The Balaban J connectivity index is 1.82. The lowest BCUT2D eigenvalue weighted by molar-refractivity contribution is -0.117. The molecular formula is C21H24N2O4S2. The Labute approximate surface area is 174 Å². The number of carbonyl (C=O) groups excluding carboxylic acids is 1. The summed E-state index contributed by atoms with van der Waals surface area (Å²) < 4.78 is 33.4. The molecule has 1 amide bonds. The number of hydrogen-bond acceptors (Lipinski definition) is 5. The monoisotopic (exact) mass is 432 g/mol. The number of ether oxygens (including phenoxy) is 1. The summed E-state index contributed by atoms with van der Waals surface area (Å²) in [5, 5.41) is 0. The molecule has 1 aromatic heterocycles. The third-order valence-electron chi connectivity index (χ3n) is 4.47. The van der Waals surface area contributed by atoms with E-state index in [0.29, 0.717) is 18.0 Å². The molecule has 0 saturated carbocycles. The third kappa shape index (κ3) is 4.94. The molecule has 6 nitrogen and oxygen atoms in total. The highest BCUT2D eigenvalue weighted by Gasteiger charge is 2.16. The SMILES string of the molecule is CCOc1ccc2c(c1)sc(=NC(=O)CCS(=O)(=O)c1ccc(C)cc1)n2CC. The normalized spacial score (nSPS) is 12.4. The van der Waals surface area contributed by atoms with Gasteiger partial charge >= 0.3 is 0 Å². The molecule has 2 aromatic carbocycles. The minimum atomic E-state index is -3.52. The van der Waals surface area contributed by atoms with E-state index in [0.717, 1.165) is 21.5 Å². The molecule has 0 N–H and O–H groups in total. The second-order valence-corrected chi connectivity index (χ2v) is 9.70. The molecule has 0 atom stereocenters. The van der Waals surface area contributed by atoms with Gasteiger partial charge in [-0.2, -0.15) is 4.99 Å². The predicted octanol–water partition coefficient (Wildman–Crippen LogP) is 3.72. The van der Waals surface area contributed by atoms with Crippen molar-refractivity contribution >= 4 is 37.3 Å². The Morgan fingerprint density at radius 3 is 2.52 bits per heavy atom. The van der Waals surface area contributed by atoms with Crippen molar-refractivity contribution in [3.63, 3.8) is 0 Å². The first-order valence-corrected chi connectivity index (χ1v) is 11.9. The van der Waals surface area contributed by atoms with Crippen LogP contribution in [-0.2, 0) is 21.2 Å². The van der Waals surface area contributed by atoms with Gasteiger partial charge in [0.15, 0.2) is 14.6 Å². The number of amides is 1. The molecule has 3 rings (SSSR count). The van der Waals surface area contributed by atoms with Crippen LogP contribution in [0, 0.1) is 6.92 Å². The van der Waals surface area contributed by atoms with Gasteiger partial charge in [-0.3, -0.25) is 4.79 Å². The van der Waals surface area contributed by atoms with Crippen molar-refractivity contribution in [2.24, 2.45) is 4.99 Å². The number of hydrogen-bond donors (Lipinski definition) is 0. The van der Waals surface area contributed by atoms with Crippen LogP contribution in [-0.4, -0.2) is 31.3 Å². The fourth-order valence-electron chi connectivity index (χ4n) is 2.95. The number of carbonyl (C=O) groups is 1. The third-order valence-corrected chi connectivity index (χ3v) is 7.24. The lowest BCUT2D eigenvalue weighted by Gasteiger charge is -2.04. The van der Waals surface area contributed by atoms with Gasteiger partial charge in [0, 0.05) is 13.0 Å². The van der Waals surface area contributed by atoms with E-state index >= 15 is 0 Å². The molecule has 3 aromatic rings. The number of benzene rings is 2. The number of aryl methyl sites for hydroxylation is 2. The molecule has 0 aliphatic carbocycles. The van der Waals surface area contributed by atoms with Crippen molar-refractivity contribution in [2.45, 2.75) is 38.6 Å². The molecule has 29 heavy (non-hydrogen) atoms. The molecule has 0 fully saturated rings. The van der Waals surface area contributed by atoms with Crippen molar-refractivity contribution < 1.29 is 17.9 Å². The summed E-state index contributed by atoms with van der Waals surface area (Å²) in [6.07, 6.45) is -0.154. The standard InChI is InChI=1S/C21H24N2O4S2/c1-4-23-18-11-8-16(27-5-2)14-19(18)28-21(23)22-20(24)12-13-29(25,26)17-9-6-15(3)7-10-17/h6-11,14H,4-5,12-13H2,1-3H3. The number of aromatic nitrogens is 1. The molecule has 154 valence electrons. The molecule has 0 saturated heterocycles. The molecule has 0 spiro atoms. The van der Waals surface area contributed by atoms with E-state index in [-0.39, 0.29) is 17.1 Å². The molecule has 0 aliphatic heterocycles. The van der Waals surface area contributed by atoms with Crippen LogP contribution in [0.2, 0.25) is 0 Å². The number of thiazole rings is 1. The highest BCUT2D eigenvalue weighted by molar-refractivity contribution is 7.91. The van der Waals surface area contributed by atoms with E-state index in [4.69, 9.17) is 4.74 Å². The second kappa shape index (κ2) is 8.92. The van der Waals surface area contributed by atoms with Crippen LogP contribution in [0.15, 0.2) is 52.4 Å². The van der Waals surface area contributed by atoms with Crippen LogP contribution in [0.3, 0.4) is 0 Å². The topological polar surface area (TPSA) is 77.7 Å². The Morgan fingerprint density at radius 1 is 1.14 bits per heavy atom. The first-order valence-electron chi connectivity index (χ1n) is 9.47. The number of fused-ring (bicyclic) bond motifs is 1. The van der Waals surface area contributed by atoms with E-state index in [9.17, 15) is 13.2 Å². The van der Waals surface area contributed by atoms with Gasteiger partial charge in [-0.1, -0.05) is 29.0 Å². The Morgan fingerprint density at radius 2 is 1.86 bits per heavy atom. The fraction of sp³-hybridized carbons (Fsp3) is 0.333. The Bertz CT molecular complexity index is 1190. The van der Waals surface area contributed by atoms with Crippen LogP contribution in [0.25, 0.3) is 10.2 Å². The van der Waals surface area contributed by atoms with E-state index < -0.39 is 15.7 Å². The lowest BCUT2D eigenvalue weighted by Crippen LogP contribution is -2.17. The quantitative estimate of drug-likeness (QED) is 0.570. The first kappa shape index (κ1) is 21.3. The summed E-state index contributed by atoms with van der Waals surface area (Å²) >= 11 is 1.39. The smallest absolute Gasteiger partial charge is 0.249 e. The number of sulfone groups is 1. The van der Waals surface area contributed by atoms with Crippen molar-refractivity contribution in [3.8, 4) is 5.75 Å². The maximum atomic E-state index is 12.5. The summed E-state index contributed by atoms with van der Waals surface area (Å²) in [4.78, 5) is 17.4. The van der Waals surface area contributed by atoms with Crippen LogP contribution in [0.1, 0.15) is 25.8 Å². The fourth-order valence-corrected chi connectivity index (χ4v) is 5.32. The van der Waals surface area contributed by atoms with Crippen LogP contribution < -0.4 is 9.54 Å². The van der Waals surface area contributed by atoms with Gasteiger partial charge in [-0.15, -0.1) is 0 Å². The highest BCUT2D eigenvalue weighted by atomic mass is 32.2. The molecule has 0 unspecified atom stereocenters. The van der Waals surface area contributed by atoms with Gasteiger partial charge in [0.2, 0.25) is 5.91 Å². The maximum Gasteiger partial charge on any atom is 0.249 e. The van der Waals surface area contributed by atoms with Gasteiger partial charge < -0.3 is 9.30 Å². The van der Waals surface area contributed by atoms with Gasteiger partial charge in [-0.05, 0) is 51.1 Å². The van der Waals surface area contributed by atoms with Gasteiger partial charge in [0.1, 0.15) is 5.75 Å². The maximum absolute atomic E-state index is 12.5. The zero-order valence-electron chi connectivity index (χ0n) is 16.7. The van der Waals surface area contributed by atoms with Gasteiger partial charge in [0.25, 0.3) is 0 Å². The van der Waals surface area contributed by atoms with Gasteiger partial charge in [0.05, 0.1) is 27.5 Å². The second-order valence-electron chi connectivity index (χ2n) is 6.58. The van der Waals surface area contributed by atoms with E-state index in [1.165, 1.54) is 11.3 Å². The van der Waals surface area contributed by atoms with Crippen molar-refractivity contribution in [3.05, 3.63) is 52.8 Å². The average Bonchev–Trinajstić information content (AvgIpc) is 3.03. The summed E-state index contributed by atoms with van der Waals surface area (Å²) in [5.74, 6) is 0.0650. The van der Waals surface area contributed by atoms with Crippen LogP contribution in [0.4, 0.5) is 0 Å². The van der Waals surface area contributed by atoms with Crippen LogP contribution >= 0.6 is 11.3 Å². The van der Waals surface area contributed by atoms with E-state index in [2.05, 4.69) is 4.99 Å². The van der Waals surface area contributed by atoms with Crippen molar-refractivity contribution in [2.75, 3.05) is 12.4 Å². The number of nitrogens with zero attached hydrogens (tertiary/aromatic N) is 2. The minimum Gasteiger partial charge on any atom is -0.494 e. The summed E-state index contributed by atoms with van der Waals surface area (Å²) in [6, 6.07) is 12.4. The number of rotatable bonds is 7. The predicted molar refractivity (Wildman–Crippen MR) is 115 cm³/mol. The first-order chi connectivity index (χ1) is 13.8. The summed E-state index contributed by atoms with van der Waals surface area (Å²) in [5.41, 5.74) is 1.95. The summed E-state index contributed by atoms with van der Waals surface area (Å²) in [6.45, 7) is 7.03. The van der Waals surface area contributed by atoms with E-state index in [1.54, 1.807) is 24.3 Å². The zero-order chi connectivity index (χ0) is 21.0. The van der Waals surface area contributed by atoms with Crippen LogP contribution in [0.5, 0.6) is 5.75 Å². The zero-order valence-corrected chi connectivity index (χ0v) is 18.3.